The first-order valence-electron chi connectivity index (χ1n) is 5.38. The zero-order valence-electron chi connectivity index (χ0n) is 9.55. The lowest BCUT2D eigenvalue weighted by atomic mass is 10.1. The van der Waals surface area contributed by atoms with Crippen LogP contribution in [0.3, 0.4) is 0 Å². The minimum absolute atomic E-state index is 0.0259. The Bertz CT molecular complexity index is 419. The molecule has 1 atom stereocenters. The van der Waals surface area contributed by atoms with Crippen molar-refractivity contribution in [2.75, 3.05) is 20.2 Å². The highest BCUT2D eigenvalue weighted by atomic mass is 16.5. The quantitative estimate of drug-likeness (QED) is 0.791. The fourth-order valence-corrected chi connectivity index (χ4v) is 1.90. The van der Waals surface area contributed by atoms with Crippen LogP contribution in [0.2, 0.25) is 0 Å². The van der Waals surface area contributed by atoms with Gasteiger partial charge in [0.1, 0.15) is 6.54 Å². The van der Waals surface area contributed by atoms with Gasteiger partial charge in [-0.05, 0) is 5.56 Å². The molecule has 0 bridgehead atoms. The third kappa shape index (κ3) is 2.38. The van der Waals surface area contributed by atoms with Gasteiger partial charge in [-0.3, -0.25) is 4.79 Å². The average molecular weight is 234 g/mol. The molecule has 1 N–H and O–H groups in total. The summed E-state index contributed by atoms with van der Waals surface area (Å²) in [6.45, 7) is 0.488. The minimum Gasteiger partial charge on any atom is -0.468 e. The van der Waals surface area contributed by atoms with E-state index in [1.807, 2.05) is 30.3 Å². The summed E-state index contributed by atoms with van der Waals surface area (Å²) in [6.07, 6.45) is 0. The largest absolute Gasteiger partial charge is 0.468 e. The van der Waals surface area contributed by atoms with Gasteiger partial charge in [-0.1, -0.05) is 30.3 Å². The summed E-state index contributed by atoms with van der Waals surface area (Å²) in [5.41, 5.74) is 1.01. The third-order valence-electron chi connectivity index (χ3n) is 2.80. The zero-order valence-corrected chi connectivity index (χ0v) is 9.55. The molecular formula is C12H14N2O3. The molecule has 1 saturated heterocycles. The van der Waals surface area contributed by atoms with Crippen LogP contribution in [0.4, 0.5) is 4.79 Å². The van der Waals surface area contributed by atoms with Gasteiger partial charge in [0, 0.05) is 6.54 Å². The molecule has 0 aromatic heterocycles. The van der Waals surface area contributed by atoms with Gasteiger partial charge in [0.2, 0.25) is 0 Å². The Labute approximate surface area is 99.4 Å². The number of ether oxygens (including phenoxy) is 1. The van der Waals surface area contributed by atoms with Crippen molar-refractivity contribution in [2.24, 2.45) is 0 Å². The lowest BCUT2D eigenvalue weighted by molar-refractivity contribution is -0.141. The maximum Gasteiger partial charge on any atom is 0.325 e. The van der Waals surface area contributed by atoms with Crippen LogP contribution in [0.25, 0.3) is 0 Å². The second kappa shape index (κ2) is 4.86. The second-order valence-electron chi connectivity index (χ2n) is 3.82. The van der Waals surface area contributed by atoms with E-state index in [0.717, 1.165) is 5.56 Å². The minimum atomic E-state index is -0.414. The van der Waals surface area contributed by atoms with Crippen molar-refractivity contribution in [1.82, 2.24) is 10.2 Å². The number of urea groups is 1. The topological polar surface area (TPSA) is 58.6 Å². The number of carbonyl (C=O) groups excluding carboxylic acids is 2. The molecule has 17 heavy (non-hydrogen) atoms. The van der Waals surface area contributed by atoms with Gasteiger partial charge in [0.05, 0.1) is 13.2 Å². The molecule has 1 heterocycles. The Kier molecular flexibility index (Phi) is 3.27. The van der Waals surface area contributed by atoms with Crippen LogP contribution in [0.15, 0.2) is 30.3 Å². The first kappa shape index (κ1) is 11.4. The number of benzene rings is 1. The van der Waals surface area contributed by atoms with E-state index in [1.165, 1.54) is 12.0 Å². The van der Waals surface area contributed by atoms with Crippen molar-refractivity contribution in [3.63, 3.8) is 0 Å². The lowest BCUT2D eigenvalue weighted by Crippen LogP contribution is -2.35. The van der Waals surface area contributed by atoms with Gasteiger partial charge in [-0.2, -0.15) is 0 Å². The number of rotatable bonds is 3. The van der Waals surface area contributed by atoms with Crippen LogP contribution in [-0.2, 0) is 9.53 Å². The van der Waals surface area contributed by atoms with Gasteiger partial charge in [0.15, 0.2) is 0 Å². The Morgan fingerprint density at radius 2 is 2.18 bits per heavy atom. The van der Waals surface area contributed by atoms with Crippen LogP contribution in [0, 0.1) is 0 Å². The summed E-state index contributed by atoms with van der Waals surface area (Å²) in [5.74, 6) is -0.414. The molecule has 1 unspecified atom stereocenters. The third-order valence-corrected chi connectivity index (χ3v) is 2.80. The first-order valence-corrected chi connectivity index (χ1v) is 5.38. The van der Waals surface area contributed by atoms with Gasteiger partial charge in [0.25, 0.3) is 0 Å². The molecule has 5 heteroatoms. The molecule has 90 valence electrons. The van der Waals surface area contributed by atoms with E-state index >= 15 is 0 Å². The van der Waals surface area contributed by atoms with Crippen molar-refractivity contribution in [2.45, 2.75) is 6.04 Å². The normalized spacial score (nSPS) is 19.0. The average Bonchev–Trinajstić information content (AvgIpc) is 2.72. The molecule has 1 aliphatic rings. The number of hydrogen-bond donors (Lipinski definition) is 1. The monoisotopic (exact) mass is 234 g/mol. The molecule has 1 aromatic rings. The molecule has 1 aromatic carbocycles. The van der Waals surface area contributed by atoms with Crippen molar-refractivity contribution < 1.29 is 14.3 Å². The number of amides is 2. The molecule has 0 aliphatic carbocycles. The van der Waals surface area contributed by atoms with Crippen LogP contribution in [0.5, 0.6) is 0 Å². The maximum absolute atomic E-state index is 11.6. The van der Waals surface area contributed by atoms with E-state index in [9.17, 15) is 9.59 Å². The van der Waals surface area contributed by atoms with Gasteiger partial charge < -0.3 is 15.0 Å². The Balaban J connectivity index is 2.16. The van der Waals surface area contributed by atoms with Gasteiger partial charge in [-0.25, -0.2) is 4.79 Å². The van der Waals surface area contributed by atoms with Crippen LogP contribution in [-0.4, -0.2) is 37.1 Å². The molecule has 0 spiro atoms. The number of methoxy groups -OCH3 is 1. The van der Waals surface area contributed by atoms with E-state index < -0.39 is 5.97 Å². The van der Waals surface area contributed by atoms with E-state index in [1.54, 1.807) is 0 Å². The highest BCUT2D eigenvalue weighted by Gasteiger charge is 2.33. The van der Waals surface area contributed by atoms with E-state index in [0.29, 0.717) is 6.54 Å². The summed E-state index contributed by atoms with van der Waals surface area (Å²) in [7, 11) is 1.31. The fraction of sp³-hybridized carbons (Fsp3) is 0.333. The van der Waals surface area contributed by atoms with E-state index in [-0.39, 0.29) is 18.6 Å². The summed E-state index contributed by atoms with van der Waals surface area (Å²) >= 11 is 0. The number of carbonyl (C=O) groups is 2. The summed E-state index contributed by atoms with van der Waals surface area (Å²) in [4.78, 5) is 24.4. The van der Waals surface area contributed by atoms with Crippen molar-refractivity contribution >= 4 is 12.0 Å². The Morgan fingerprint density at radius 1 is 1.47 bits per heavy atom. The number of hydrogen-bond acceptors (Lipinski definition) is 3. The number of nitrogens with one attached hydrogen (secondary N) is 1. The fourth-order valence-electron chi connectivity index (χ4n) is 1.90. The van der Waals surface area contributed by atoms with Crippen LogP contribution >= 0.6 is 0 Å². The predicted molar refractivity (Wildman–Crippen MR) is 61.3 cm³/mol. The zero-order chi connectivity index (χ0) is 12.3. The molecule has 0 saturated carbocycles. The van der Waals surface area contributed by atoms with Gasteiger partial charge >= 0.3 is 12.0 Å². The standard InChI is InChI=1S/C12H14N2O3/c1-17-11(15)8-14-10(7-13-12(14)16)9-5-3-2-4-6-9/h2-6,10H,7-8H2,1H3,(H,13,16). The maximum atomic E-state index is 11.6. The van der Waals surface area contributed by atoms with Crippen molar-refractivity contribution in [3.05, 3.63) is 35.9 Å². The molecular weight excluding hydrogens is 220 g/mol. The molecule has 1 aliphatic heterocycles. The van der Waals surface area contributed by atoms with Crippen molar-refractivity contribution in [1.29, 1.82) is 0 Å². The first-order chi connectivity index (χ1) is 8.22. The Hall–Kier alpha value is -2.04. The van der Waals surface area contributed by atoms with Crippen LogP contribution in [0.1, 0.15) is 11.6 Å². The van der Waals surface area contributed by atoms with Gasteiger partial charge in [-0.15, -0.1) is 0 Å². The lowest BCUT2D eigenvalue weighted by Gasteiger charge is -2.21. The SMILES string of the molecule is COC(=O)CN1C(=O)NCC1c1ccccc1. The smallest absolute Gasteiger partial charge is 0.325 e. The van der Waals surface area contributed by atoms with E-state index in [4.69, 9.17) is 0 Å². The highest BCUT2D eigenvalue weighted by Crippen LogP contribution is 2.23. The molecule has 0 radical (unpaired) electrons. The van der Waals surface area contributed by atoms with E-state index in [2.05, 4.69) is 10.1 Å². The second-order valence-corrected chi connectivity index (χ2v) is 3.82. The molecule has 2 rings (SSSR count). The number of esters is 1. The number of nitrogens with zero attached hydrogens (tertiary/aromatic N) is 1. The molecule has 2 amide bonds. The molecule has 5 nitrogen and oxygen atoms in total. The highest BCUT2D eigenvalue weighted by molar-refractivity contribution is 5.83. The van der Waals surface area contributed by atoms with Crippen molar-refractivity contribution in [3.8, 4) is 0 Å². The molecule has 1 fully saturated rings. The van der Waals surface area contributed by atoms with Crippen LogP contribution < -0.4 is 5.32 Å². The summed E-state index contributed by atoms with van der Waals surface area (Å²) in [6, 6.07) is 9.28. The summed E-state index contributed by atoms with van der Waals surface area (Å²) < 4.78 is 4.58. The summed E-state index contributed by atoms with van der Waals surface area (Å²) in [5, 5.41) is 2.73. The Morgan fingerprint density at radius 3 is 2.82 bits per heavy atom. The predicted octanol–water partition coefficient (Wildman–Crippen LogP) is 0.926.